The Labute approximate surface area is 185 Å². The van der Waals surface area contributed by atoms with Crippen molar-refractivity contribution in [3.8, 4) is 5.75 Å². The summed E-state index contributed by atoms with van der Waals surface area (Å²) in [6.45, 7) is 3.14. The number of ether oxygens (including phenoxy) is 2. The molecule has 176 valence electrons. The average molecular weight is 456 g/mol. The molecule has 1 atom stereocenters. The average Bonchev–Trinajstić information content (AvgIpc) is 2.75. The molecule has 2 rings (SSSR count). The number of methoxy groups -OCH3 is 1. The van der Waals surface area contributed by atoms with Gasteiger partial charge < -0.3 is 19.5 Å². The second-order valence-corrected chi connectivity index (χ2v) is 7.44. The minimum absolute atomic E-state index is 0.0863. The number of nitrogens with zero attached hydrogens (tertiary/aromatic N) is 2. The number of aliphatic imine (C=N–C) groups is 1. The van der Waals surface area contributed by atoms with E-state index in [1.54, 1.807) is 18.2 Å². The van der Waals surface area contributed by atoms with Gasteiger partial charge in [-0.1, -0.05) is 12.1 Å². The monoisotopic (exact) mass is 456 g/mol. The van der Waals surface area contributed by atoms with Crippen LogP contribution in [-0.4, -0.2) is 56.4 Å². The first kappa shape index (κ1) is 25.6. The van der Waals surface area contributed by atoms with E-state index in [0.717, 1.165) is 0 Å². The SMILES string of the molecule is CCN(C)/C=N/c1cc(OC)c(C(O)(COCCc2ccc(F)cc2)C(F)(F)F)cc1C. The molecule has 0 aromatic heterocycles. The van der Waals surface area contributed by atoms with Gasteiger partial charge in [0.05, 0.1) is 32.3 Å². The molecule has 9 heteroatoms. The van der Waals surface area contributed by atoms with Gasteiger partial charge in [-0.2, -0.15) is 13.2 Å². The van der Waals surface area contributed by atoms with Crippen molar-refractivity contribution in [2.75, 3.05) is 33.9 Å². The van der Waals surface area contributed by atoms with Gasteiger partial charge in [0.25, 0.3) is 0 Å². The molecule has 32 heavy (non-hydrogen) atoms. The minimum atomic E-state index is -5.02. The summed E-state index contributed by atoms with van der Waals surface area (Å²) in [5.74, 6) is -0.554. The van der Waals surface area contributed by atoms with Gasteiger partial charge in [0.2, 0.25) is 5.60 Å². The van der Waals surface area contributed by atoms with Gasteiger partial charge >= 0.3 is 6.18 Å². The zero-order chi connectivity index (χ0) is 23.9. The highest BCUT2D eigenvalue weighted by atomic mass is 19.4. The van der Waals surface area contributed by atoms with Gasteiger partial charge in [-0.15, -0.1) is 0 Å². The van der Waals surface area contributed by atoms with Crippen LogP contribution in [0.5, 0.6) is 5.75 Å². The van der Waals surface area contributed by atoms with Crippen molar-refractivity contribution in [1.82, 2.24) is 4.90 Å². The molecule has 0 amide bonds. The summed E-state index contributed by atoms with van der Waals surface area (Å²) in [7, 11) is 3.04. The summed E-state index contributed by atoms with van der Waals surface area (Å²) in [5.41, 5.74) is -2.17. The molecule has 2 aromatic carbocycles. The molecule has 0 fully saturated rings. The van der Waals surface area contributed by atoms with E-state index in [-0.39, 0.29) is 18.8 Å². The maximum Gasteiger partial charge on any atom is 0.423 e. The second kappa shape index (κ2) is 10.8. The third kappa shape index (κ3) is 6.20. The Bertz CT molecular complexity index is 917. The third-order valence-electron chi connectivity index (χ3n) is 5.08. The highest BCUT2D eigenvalue weighted by molar-refractivity contribution is 5.65. The summed E-state index contributed by atoms with van der Waals surface area (Å²) in [5, 5.41) is 10.7. The van der Waals surface area contributed by atoms with Crippen LogP contribution in [-0.2, 0) is 16.8 Å². The molecule has 0 heterocycles. The van der Waals surface area contributed by atoms with E-state index in [2.05, 4.69) is 4.99 Å². The number of rotatable bonds is 10. The maximum atomic E-state index is 14.0. The fourth-order valence-electron chi connectivity index (χ4n) is 2.92. The molecule has 0 aliphatic carbocycles. The molecule has 0 aliphatic heterocycles. The van der Waals surface area contributed by atoms with E-state index in [1.165, 1.54) is 43.5 Å². The van der Waals surface area contributed by atoms with Gasteiger partial charge in [0.15, 0.2) is 0 Å². The van der Waals surface area contributed by atoms with Crippen LogP contribution in [0, 0.1) is 12.7 Å². The molecule has 0 spiro atoms. The van der Waals surface area contributed by atoms with Gasteiger partial charge in [0.1, 0.15) is 11.6 Å². The standard InChI is InChI=1S/C23H28F4N2O3/c1-5-29(3)15-28-20-13-21(31-4)19(12-16(20)2)22(30,23(25,26)27)14-32-11-10-17-6-8-18(24)9-7-17/h6-9,12-13,15,30H,5,10-11,14H2,1-4H3/b28-15+. The molecule has 1 N–H and O–H groups in total. The number of benzene rings is 2. The van der Waals surface area contributed by atoms with Crippen molar-refractivity contribution >= 4 is 12.0 Å². The Morgan fingerprint density at radius 2 is 1.81 bits per heavy atom. The maximum absolute atomic E-state index is 14.0. The van der Waals surface area contributed by atoms with Crippen molar-refractivity contribution in [3.05, 3.63) is 58.9 Å². The number of aryl methyl sites for hydroxylation is 1. The number of hydrogen-bond acceptors (Lipinski definition) is 4. The largest absolute Gasteiger partial charge is 0.496 e. The molecule has 1 unspecified atom stereocenters. The minimum Gasteiger partial charge on any atom is -0.496 e. The van der Waals surface area contributed by atoms with Crippen LogP contribution in [0.3, 0.4) is 0 Å². The van der Waals surface area contributed by atoms with Gasteiger partial charge in [-0.3, -0.25) is 0 Å². The van der Waals surface area contributed by atoms with E-state index in [0.29, 0.717) is 23.4 Å². The zero-order valence-corrected chi connectivity index (χ0v) is 18.5. The zero-order valence-electron chi connectivity index (χ0n) is 18.5. The van der Waals surface area contributed by atoms with E-state index in [9.17, 15) is 22.7 Å². The molecule has 2 aromatic rings. The van der Waals surface area contributed by atoms with Gasteiger partial charge in [-0.25, -0.2) is 9.38 Å². The number of hydrogen-bond donors (Lipinski definition) is 1. The molecule has 0 saturated carbocycles. The summed E-state index contributed by atoms with van der Waals surface area (Å²) < 4.78 is 65.3. The van der Waals surface area contributed by atoms with Crippen LogP contribution < -0.4 is 4.74 Å². The molecular formula is C23H28F4N2O3. The normalized spacial score (nSPS) is 13.9. The summed E-state index contributed by atoms with van der Waals surface area (Å²) >= 11 is 0. The highest BCUT2D eigenvalue weighted by Crippen LogP contribution is 2.45. The fraction of sp³-hybridized carbons (Fsp3) is 0.435. The third-order valence-corrected chi connectivity index (χ3v) is 5.08. The van der Waals surface area contributed by atoms with Crippen LogP contribution in [0.25, 0.3) is 0 Å². The predicted molar refractivity (Wildman–Crippen MR) is 115 cm³/mol. The Morgan fingerprint density at radius 1 is 1.16 bits per heavy atom. The van der Waals surface area contributed by atoms with Crippen molar-refractivity contribution < 1.29 is 32.1 Å². The summed E-state index contributed by atoms with van der Waals surface area (Å²) in [6, 6.07) is 8.15. The quantitative estimate of drug-likeness (QED) is 0.242. The summed E-state index contributed by atoms with van der Waals surface area (Å²) in [4.78, 5) is 6.09. The summed E-state index contributed by atoms with van der Waals surface area (Å²) in [6.07, 6.45) is -3.19. The van der Waals surface area contributed by atoms with E-state index >= 15 is 0 Å². The van der Waals surface area contributed by atoms with Gasteiger partial charge in [0, 0.05) is 25.2 Å². The second-order valence-electron chi connectivity index (χ2n) is 7.44. The van der Waals surface area contributed by atoms with Crippen LogP contribution in [0.2, 0.25) is 0 Å². The van der Waals surface area contributed by atoms with E-state index < -0.39 is 29.8 Å². The number of halogens is 4. The van der Waals surface area contributed by atoms with Crippen LogP contribution in [0.1, 0.15) is 23.6 Å². The molecule has 0 saturated heterocycles. The van der Waals surface area contributed by atoms with Crippen LogP contribution in [0.15, 0.2) is 41.4 Å². The first-order valence-corrected chi connectivity index (χ1v) is 10.1. The van der Waals surface area contributed by atoms with Crippen LogP contribution >= 0.6 is 0 Å². The topological polar surface area (TPSA) is 54.3 Å². The van der Waals surface area contributed by atoms with Gasteiger partial charge in [-0.05, 0) is 49.6 Å². The molecule has 0 aliphatic rings. The van der Waals surface area contributed by atoms with E-state index in [4.69, 9.17) is 9.47 Å². The van der Waals surface area contributed by atoms with Crippen molar-refractivity contribution in [3.63, 3.8) is 0 Å². The van der Waals surface area contributed by atoms with Crippen molar-refractivity contribution in [1.29, 1.82) is 0 Å². The van der Waals surface area contributed by atoms with E-state index in [1.807, 2.05) is 14.0 Å². The number of aliphatic hydroxyl groups is 1. The fourth-order valence-corrected chi connectivity index (χ4v) is 2.92. The van der Waals surface area contributed by atoms with Crippen LogP contribution in [0.4, 0.5) is 23.2 Å². The lowest BCUT2D eigenvalue weighted by Gasteiger charge is -2.32. The number of alkyl halides is 3. The molecule has 0 radical (unpaired) electrons. The molecular weight excluding hydrogens is 428 g/mol. The first-order chi connectivity index (χ1) is 15.0. The lowest BCUT2D eigenvalue weighted by atomic mass is 9.91. The Kier molecular flexibility index (Phi) is 8.63. The van der Waals surface area contributed by atoms with Crippen molar-refractivity contribution in [2.45, 2.75) is 32.0 Å². The predicted octanol–water partition coefficient (Wildman–Crippen LogP) is 4.76. The highest BCUT2D eigenvalue weighted by Gasteiger charge is 2.56. The lowest BCUT2D eigenvalue weighted by Crippen LogP contribution is -2.46. The van der Waals surface area contributed by atoms with Crippen molar-refractivity contribution in [2.24, 2.45) is 4.99 Å². The molecule has 5 nitrogen and oxygen atoms in total. The lowest BCUT2D eigenvalue weighted by molar-refractivity contribution is -0.282. The smallest absolute Gasteiger partial charge is 0.423 e. The Balaban J connectivity index is 2.27. The Morgan fingerprint density at radius 3 is 2.38 bits per heavy atom. The first-order valence-electron chi connectivity index (χ1n) is 10.1. The molecule has 0 bridgehead atoms. The Hall–Kier alpha value is -2.65.